The van der Waals surface area contributed by atoms with Crippen LogP contribution in [-0.4, -0.2) is 10.8 Å². The molecule has 0 bridgehead atoms. The van der Waals surface area contributed by atoms with Crippen molar-refractivity contribution in [3.63, 3.8) is 0 Å². The van der Waals surface area contributed by atoms with Crippen LogP contribution in [0.25, 0.3) is 0 Å². The number of hydrogen-bond donors (Lipinski definition) is 0. The smallest absolute Gasteiger partial charge is 0.170 e. The van der Waals surface area contributed by atoms with Crippen LogP contribution in [-0.2, 0) is 6.42 Å². The molecule has 82 valence electrons. The van der Waals surface area contributed by atoms with Gasteiger partial charge in [-0.25, -0.2) is 4.98 Å². The number of aryl methyl sites for hydroxylation is 1. The van der Waals surface area contributed by atoms with Crippen molar-refractivity contribution in [2.24, 2.45) is 0 Å². The average molecular weight is 296 g/mol. The van der Waals surface area contributed by atoms with E-state index in [-0.39, 0.29) is 5.78 Å². The summed E-state index contributed by atoms with van der Waals surface area (Å²) in [6, 6.07) is 7.46. The molecular weight excluding hydrogens is 286 g/mol. The van der Waals surface area contributed by atoms with Gasteiger partial charge >= 0.3 is 0 Å². The zero-order valence-electron chi connectivity index (χ0n) is 8.74. The number of ketones is 1. The van der Waals surface area contributed by atoms with E-state index in [4.69, 9.17) is 0 Å². The Morgan fingerprint density at radius 1 is 1.44 bits per heavy atom. The fraction of sp³-hybridized carbons (Fsp3) is 0.167. The Kier molecular flexibility index (Phi) is 3.51. The Balaban J connectivity index is 2.18. The molecule has 0 spiro atoms. The van der Waals surface area contributed by atoms with E-state index < -0.39 is 0 Å². The number of halogens is 1. The molecule has 16 heavy (non-hydrogen) atoms. The van der Waals surface area contributed by atoms with Crippen LogP contribution in [0, 0.1) is 6.92 Å². The third-order valence-electron chi connectivity index (χ3n) is 2.15. The second-order valence-corrected chi connectivity index (χ2v) is 5.26. The van der Waals surface area contributed by atoms with Gasteiger partial charge in [0.15, 0.2) is 5.78 Å². The highest BCUT2D eigenvalue weighted by Gasteiger charge is 2.11. The number of nitrogens with zero attached hydrogens (tertiary/aromatic N) is 1. The van der Waals surface area contributed by atoms with E-state index in [1.807, 2.05) is 36.6 Å². The van der Waals surface area contributed by atoms with Gasteiger partial charge in [-0.3, -0.25) is 4.79 Å². The number of aromatic nitrogens is 1. The van der Waals surface area contributed by atoms with Crippen LogP contribution in [0.5, 0.6) is 0 Å². The molecule has 0 saturated heterocycles. The van der Waals surface area contributed by atoms with Crippen LogP contribution in [0.3, 0.4) is 0 Å². The van der Waals surface area contributed by atoms with Crippen LogP contribution in [0.15, 0.2) is 34.1 Å². The summed E-state index contributed by atoms with van der Waals surface area (Å²) in [4.78, 5) is 16.3. The van der Waals surface area contributed by atoms with Crippen LogP contribution < -0.4 is 0 Å². The maximum Gasteiger partial charge on any atom is 0.170 e. The molecule has 2 aromatic rings. The predicted octanol–water partition coefficient (Wildman–Crippen LogP) is 3.64. The van der Waals surface area contributed by atoms with Crippen LogP contribution in [0.2, 0.25) is 0 Å². The van der Waals surface area contributed by atoms with Crippen molar-refractivity contribution in [2.45, 2.75) is 13.3 Å². The summed E-state index contributed by atoms with van der Waals surface area (Å²) in [5.41, 5.74) is 1.69. The highest BCUT2D eigenvalue weighted by molar-refractivity contribution is 9.10. The monoisotopic (exact) mass is 295 g/mol. The number of rotatable bonds is 3. The first-order valence-electron chi connectivity index (χ1n) is 4.85. The fourth-order valence-electron chi connectivity index (χ4n) is 1.40. The molecule has 2 rings (SSSR count). The van der Waals surface area contributed by atoms with Gasteiger partial charge in [0.1, 0.15) is 5.01 Å². The molecule has 1 heterocycles. The summed E-state index contributed by atoms with van der Waals surface area (Å²) in [6.07, 6.45) is 0.376. The third-order valence-corrected chi connectivity index (χ3v) is 3.81. The molecule has 0 radical (unpaired) electrons. The van der Waals surface area contributed by atoms with Gasteiger partial charge in [-0.05, 0) is 13.0 Å². The van der Waals surface area contributed by atoms with Crippen molar-refractivity contribution < 1.29 is 4.79 Å². The zero-order valence-corrected chi connectivity index (χ0v) is 11.1. The van der Waals surface area contributed by atoms with Crippen LogP contribution in [0.1, 0.15) is 21.1 Å². The van der Waals surface area contributed by atoms with Crippen molar-refractivity contribution in [3.8, 4) is 0 Å². The van der Waals surface area contributed by atoms with Gasteiger partial charge in [0, 0.05) is 21.1 Å². The van der Waals surface area contributed by atoms with Crippen molar-refractivity contribution in [1.82, 2.24) is 4.98 Å². The van der Waals surface area contributed by atoms with Crippen molar-refractivity contribution in [2.75, 3.05) is 0 Å². The zero-order chi connectivity index (χ0) is 11.5. The molecule has 0 amide bonds. The van der Waals surface area contributed by atoms with E-state index >= 15 is 0 Å². The van der Waals surface area contributed by atoms with E-state index in [9.17, 15) is 4.79 Å². The van der Waals surface area contributed by atoms with Crippen molar-refractivity contribution >= 4 is 33.0 Å². The Labute approximate surface area is 106 Å². The quantitative estimate of drug-likeness (QED) is 0.809. The lowest BCUT2D eigenvalue weighted by Crippen LogP contribution is -2.04. The molecule has 0 atom stereocenters. The molecule has 0 N–H and O–H groups in total. The lowest BCUT2D eigenvalue weighted by atomic mass is 10.1. The molecule has 1 aromatic carbocycles. The number of carbonyl (C=O) groups excluding carboxylic acids is 1. The first kappa shape index (κ1) is 11.5. The summed E-state index contributed by atoms with van der Waals surface area (Å²) >= 11 is 4.91. The maximum absolute atomic E-state index is 12.0. The van der Waals surface area contributed by atoms with Gasteiger partial charge in [-0.1, -0.05) is 34.1 Å². The lowest BCUT2D eigenvalue weighted by Gasteiger charge is -2.01. The Bertz CT molecular complexity index is 521. The number of benzene rings is 1. The molecule has 4 heteroatoms. The molecule has 0 fully saturated rings. The van der Waals surface area contributed by atoms with Gasteiger partial charge in [0.2, 0.25) is 0 Å². The van der Waals surface area contributed by atoms with Crippen molar-refractivity contribution in [3.05, 3.63) is 50.4 Å². The number of thiazole rings is 1. The predicted molar refractivity (Wildman–Crippen MR) is 69.0 cm³/mol. The summed E-state index contributed by atoms with van der Waals surface area (Å²) in [5, 5.41) is 2.83. The summed E-state index contributed by atoms with van der Waals surface area (Å²) in [7, 11) is 0. The topological polar surface area (TPSA) is 30.0 Å². The van der Waals surface area contributed by atoms with E-state index in [1.165, 1.54) is 11.3 Å². The minimum absolute atomic E-state index is 0.0989. The standard InChI is InChI=1S/C12H10BrNOS/c1-8-7-16-12(14-8)6-11(15)9-4-2-3-5-10(9)13/h2-5,7H,6H2,1H3. The molecule has 0 aliphatic rings. The Morgan fingerprint density at radius 2 is 2.19 bits per heavy atom. The lowest BCUT2D eigenvalue weighted by molar-refractivity contribution is 0.0992. The first-order chi connectivity index (χ1) is 7.66. The minimum Gasteiger partial charge on any atom is -0.294 e. The third kappa shape index (κ3) is 2.57. The number of carbonyl (C=O) groups is 1. The SMILES string of the molecule is Cc1csc(CC(=O)c2ccccc2Br)n1. The second kappa shape index (κ2) is 4.89. The largest absolute Gasteiger partial charge is 0.294 e. The van der Waals surface area contributed by atoms with Gasteiger partial charge in [-0.2, -0.15) is 0 Å². The van der Waals surface area contributed by atoms with Gasteiger partial charge in [0.05, 0.1) is 6.42 Å². The van der Waals surface area contributed by atoms with Crippen LogP contribution in [0.4, 0.5) is 0 Å². The minimum atomic E-state index is 0.0989. The number of Topliss-reactive ketones (excluding diaryl/α,β-unsaturated/α-hetero) is 1. The Hall–Kier alpha value is -1.000. The summed E-state index contributed by atoms with van der Waals surface area (Å²) in [6.45, 7) is 1.93. The van der Waals surface area contributed by atoms with Gasteiger partial charge in [0.25, 0.3) is 0 Å². The molecule has 1 aromatic heterocycles. The maximum atomic E-state index is 12.0. The Morgan fingerprint density at radius 3 is 2.81 bits per heavy atom. The second-order valence-electron chi connectivity index (χ2n) is 3.46. The first-order valence-corrected chi connectivity index (χ1v) is 6.53. The van der Waals surface area contributed by atoms with E-state index in [0.29, 0.717) is 6.42 Å². The molecule has 0 saturated carbocycles. The highest BCUT2D eigenvalue weighted by atomic mass is 79.9. The normalized spacial score (nSPS) is 10.4. The van der Waals surface area contributed by atoms with Crippen LogP contribution >= 0.6 is 27.3 Å². The molecule has 0 aliphatic carbocycles. The van der Waals surface area contributed by atoms with Crippen molar-refractivity contribution in [1.29, 1.82) is 0 Å². The number of hydrogen-bond acceptors (Lipinski definition) is 3. The average Bonchev–Trinajstić information content (AvgIpc) is 2.64. The van der Waals surface area contributed by atoms with Gasteiger partial charge < -0.3 is 0 Å². The highest BCUT2D eigenvalue weighted by Crippen LogP contribution is 2.19. The molecule has 0 unspecified atom stereocenters. The summed E-state index contributed by atoms with van der Waals surface area (Å²) < 4.78 is 0.841. The molecule has 0 aliphatic heterocycles. The fourth-order valence-corrected chi connectivity index (χ4v) is 2.68. The molecule has 2 nitrogen and oxygen atoms in total. The summed E-state index contributed by atoms with van der Waals surface area (Å²) in [5.74, 6) is 0.0989. The molecular formula is C12H10BrNOS. The van der Waals surface area contributed by atoms with E-state index in [1.54, 1.807) is 0 Å². The van der Waals surface area contributed by atoms with E-state index in [2.05, 4.69) is 20.9 Å². The van der Waals surface area contributed by atoms with E-state index in [0.717, 1.165) is 20.7 Å². The van der Waals surface area contributed by atoms with Gasteiger partial charge in [-0.15, -0.1) is 11.3 Å².